The van der Waals surface area contributed by atoms with Crippen LogP contribution in [0.4, 0.5) is 4.79 Å². The first kappa shape index (κ1) is 23.1. The van der Waals surface area contributed by atoms with Crippen LogP contribution in [0, 0.1) is 19.8 Å². The molecule has 1 aliphatic heterocycles. The van der Waals surface area contributed by atoms with Crippen LogP contribution in [0.3, 0.4) is 0 Å². The molecule has 2 amide bonds. The Labute approximate surface area is 193 Å². The van der Waals surface area contributed by atoms with Crippen LogP contribution < -0.4 is 10.3 Å². The number of hydrogen-bond donors (Lipinski definition) is 1. The highest BCUT2D eigenvalue weighted by Gasteiger charge is 2.33. The Kier molecular flexibility index (Phi) is 7.36. The summed E-state index contributed by atoms with van der Waals surface area (Å²) in [4.78, 5) is 26.6. The summed E-state index contributed by atoms with van der Waals surface area (Å²) in [5.74, 6) is 2.16. The van der Waals surface area contributed by atoms with Gasteiger partial charge in [0, 0.05) is 6.42 Å². The lowest BCUT2D eigenvalue weighted by Gasteiger charge is -2.29. The number of benzene rings is 1. The Morgan fingerprint density at radius 3 is 2.66 bits per heavy atom. The molecule has 2 aromatic rings. The monoisotopic (exact) mass is 457 g/mol. The van der Waals surface area contributed by atoms with Crippen LogP contribution >= 0.6 is 11.8 Å². The average Bonchev–Trinajstić information content (AvgIpc) is 3.32. The number of carbonyl (C=O) groups is 2. The van der Waals surface area contributed by atoms with Crippen molar-refractivity contribution < 1.29 is 23.7 Å². The molecule has 2 aliphatic rings. The Balaban J connectivity index is 1.34. The molecule has 0 radical (unpaired) electrons. The van der Waals surface area contributed by atoms with Gasteiger partial charge < -0.3 is 9.15 Å². The fourth-order valence-corrected chi connectivity index (χ4v) is 5.77. The minimum absolute atomic E-state index is 0.133. The molecule has 3 atom stereocenters. The predicted molar refractivity (Wildman–Crippen MR) is 124 cm³/mol. The zero-order chi connectivity index (χ0) is 22.7. The van der Waals surface area contributed by atoms with E-state index in [1.54, 1.807) is 0 Å². The van der Waals surface area contributed by atoms with Gasteiger partial charge in [-0.25, -0.2) is 0 Å². The second-order valence-electron chi connectivity index (χ2n) is 9.00. The van der Waals surface area contributed by atoms with Crippen LogP contribution in [0.15, 0.2) is 22.6 Å². The lowest BCUT2D eigenvalue weighted by molar-refractivity contribution is -0.387. The zero-order valence-electron chi connectivity index (χ0n) is 19.2. The van der Waals surface area contributed by atoms with Crippen LogP contribution in [0.2, 0.25) is 0 Å². The third-order valence-electron chi connectivity index (χ3n) is 6.66. The van der Waals surface area contributed by atoms with Gasteiger partial charge in [0.05, 0.1) is 16.9 Å². The van der Waals surface area contributed by atoms with E-state index in [9.17, 15) is 9.59 Å². The number of thioether (sulfide) groups is 1. The van der Waals surface area contributed by atoms with Crippen molar-refractivity contribution in [1.29, 1.82) is 0 Å². The lowest BCUT2D eigenvalue weighted by atomic mass is 9.84. The van der Waals surface area contributed by atoms with E-state index in [0.29, 0.717) is 12.5 Å². The number of nitrogens with one attached hydrogen (secondary N) is 2. The molecule has 32 heavy (non-hydrogen) atoms. The van der Waals surface area contributed by atoms with Crippen molar-refractivity contribution in [2.45, 2.75) is 83.7 Å². The summed E-state index contributed by atoms with van der Waals surface area (Å²) >= 11 is 1.13. The number of aryl methyl sites for hydroxylation is 3. The van der Waals surface area contributed by atoms with Gasteiger partial charge in [0.15, 0.2) is 5.76 Å². The van der Waals surface area contributed by atoms with Gasteiger partial charge in [-0.3, -0.25) is 14.9 Å². The SMILES string of the molecule is CCc1oc(-c2c(C)cccc2C)[nH+]c1COC1CCCC(CCC2SC(=O)NC2=O)C1. The van der Waals surface area contributed by atoms with E-state index < -0.39 is 0 Å². The molecular formula is C25H33N2O4S+. The molecule has 1 aromatic heterocycles. The van der Waals surface area contributed by atoms with Crippen LogP contribution in [0.1, 0.15) is 68.0 Å². The third-order valence-corrected chi connectivity index (χ3v) is 7.71. The number of H-pyrrole nitrogens is 1. The summed E-state index contributed by atoms with van der Waals surface area (Å²) in [5, 5.41) is 1.94. The summed E-state index contributed by atoms with van der Waals surface area (Å²) in [7, 11) is 0. The average molecular weight is 458 g/mol. The van der Waals surface area contributed by atoms with Crippen molar-refractivity contribution in [3.63, 3.8) is 0 Å². The molecular weight excluding hydrogens is 424 g/mol. The maximum Gasteiger partial charge on any atom is 0.379 e. The quantitative estimate of drug-likeness (QED) is 0.593. The predicted octanol–water partition coefficient (Wildman–Crippen LogP) is 5.15. The van der Waals surface area contributed by atoms with E-state index in [4.69, 9.17) is 9.15 Å². The highest BCUT2D eigenvalue weighted by molar-refractivity contribution is 8.15. The van der Waals surface area contributed by atoms with Gasteiger partial charge in [0.2, 0.25) is 11.6 Å². The molecule has 172 valence electrons. The number of ether oxygens (including phenoxy) is 1. The lowest BCUT2D eigenvalue weighted by Crippen LogP contribution is -2.27. The highest BCUT2D eigenvalue weighted by Crippen LogP contribution is 2.33. The van der Waals surface area contributed by atoms with Crippen LogP contribution in [0.5, 0.6) is 0 Å². The molecule has 0 bridgehead atoms. The van der Waals surface area contributed by atoms with E-state index in [1.807, 2.05) is 0 Å². The van der Waals surface area contributed by atoms with E-state index in [0.717, 1.165) is 73.2 Å². The van der Waals surface area contributed by atoms with Gasteiger partial charge in [0.1, 0.15) is 6.61 Å². The number of aromatic amines is 1. The van der Waals surface area contributed by atoms with Crippen molar-refractivity contribution in [3.8, 4) is 11.5 Å². The second-order valence-corrected chi connectivity index (χ2v) is 10.2. The molecule has 0 spiro atoms. The van der Waals surface area contributed by atoms with E-state index in [2.05, 4.69) is 49.3 Å². The number of aromatic nitrogens is 1. The van der Waals surface area contributed by atoms with Crippen LogP contribution in [-0.4, -0.2) is 22.5 Å². The molecule has 2 N–H and O–H groups in total. The molecule has 1 saturated heterocycles. The first-order valence-electron chi connectivity index (χ1n) is 11.7. The molecule has 3 unspecified atom stereocenters. The van der Waals surface area contributed by atoms with Crippen molar-refractivity contribution in [2.75, 3.05) is 0 Å². The van der Waals surface area contributed by atoms with Gasteiger partial charge in [-0.1, -0.05) is 49.7 Å². The maximum atomic E-state index is 11.8. The smallest absolute Gasteiger partial charge is 0.379 e. The number of oxazole rings is 1. The number of rotatable bonds is 8. The number of amides is 2. The Morgan fingerprint density at radius 1 is 1.19 bits per heavy atom. The summed E-state index contributed by atoms with van der Waals surface area (Å²) in [5.41, 5.74) is 4.52. The largest absolute Gasteiger partial charge is 0.402 e. The Morgan fingerprint density at radius 2 is 1.97 bits per heavy atom. The minimum Gasteiger partial charge on any atom is -0.402 e. The van der Waals surface area contributed by atoms with Gasteiger partial charge in [0.25, 0.3) is 5.24 Å². The van der Waals surface area contributed by atoms with Gasteiger partial charge in [-0.15, -0.1) is 0 Å². The first-order valence-corrected chi connectivity index (χ1v) is 12.6. The molecule has 1 aromatic carbocycles. The zero-order valence-corrected chi connectivity index (χ0v) is 20.0. The maximum absolute atomic E-state index is 11.8. The summed E-state index contributed by atoms with van der Waals surface area (Å²) in [6.45, 7) is 6.83. The summed E-state index contributed by atoms with van der Waals surface area (Å²) in [6.07, 6.45) is 7.14. The fraction of sp³-hybridized carbons (Fsp3) is 0.560. The Bertz CT molecular complexity index is 966. The van der Waals surface area contributed by atoms with Crippen LogP contribution in [0.25, 0.3) is 11.5 Å². The summed E-state index contributed by atoms with van der Waals surface area (Å²) in [6, 6.07) is 6.27. The molecule has 1 aliphatic carbocycles. The van der Waals surface area contributed by atoms with Gasteiger partial charge >= 0.3 is 5.89 Å². The molecule has 6 nitrogen and oxygen atoms in total. The Hall–Kier alpha value is -2.12. The third kappa shape index (κ3) is 5.26. The molecule has 2 fully saturated rings. The number of imide groups is 1. The number of carbonyl (C=O) groups excluding carboxylic acids is 2. The molecule has 4 rings (SSSR count). The molecule has 7 heteroatoms. The van der Waals surface area contributed by atoms with E-state index in [1.165, 1.54) is 17.5 Å². The number of hydrogen-bond acceptors (Lipinski definition) is 5. The van der Waals surface area contributed by atoms with Crippen molar-refractivity contribution >= 4 is 22.9 Å². The summed E-state index contributed by atoms with van der Waals surface area (Å²) < 4.78 is 12.5. The first-order chi connectivity index (χ1) is 15.4. The van der Waals surface area contributed by atoms with Crippen molar-refractivity contribution in [1.82, 2.24) is 5.32 Å². The fourth-order valence-electron chi connectivity index (χ4n) is 4.93. The van der Waals surface area contributed by atoms with Crippen LogP contribution in [-0.2, 0) is 22.6 Å². The molecule has 1 saturated carbocycles. The van der Waals surface area contributed by atoms with Crippen molar-refractivity contribution in [3.05, 3.63) is 40.8 Å². The minimum atomic E-state index is -0.222. The molecule has 2 heterocycles. The highest BCUT2D eigenvalue weighted by atomic mass is 32.2. The van der Waals surface area contributed by atoms with Gasteiger partial charge in [-0.2, -0.15) is 4.98 Å². The topological polar surface area (TPSA) is 82.7 Å². The normalized spacial score (nSPS) is 23.5. The van der Waals surface area contributed by atoms with Crippen molar-refractivity contribution in [2.24, 2.45) is 5.92 Å². The standard InChI is InChI=1S/C25H32N2O4S/c1-4-20-19(26-24(31-20)22-15(2)7-5-8-16(22)3)14-30-18-10-6-9-17(13-18)11-12-21-23(28)27-25(29)32-21/h5,7-8,17-18,21H,4,6,9-14H2,1-3H3,(H,27,28,29)/p+1. The second kappa shape index (κ2) is 10.2. The van der Waals surface area contributed by atoms with Gasteiger partial charge in [-0.05, 0) is 56.6 Å². The van der Waals surface area contributed by atoms with E-state index in [-0.39, 0.29) is 22.5 Å². The van der Waals surface area contributed by atoms with E-state index >= 15 is 0 Å².